The first-order chi connectivity index (χ1) is 8.93. The standard InChI is InChI=1S/C12H15F2N3O2/c1-7(8-3-4-9(13)10(14)5-8)16-6-11(18)17-12(19)15-2/h3-5,7,16H,6H2,1-2H3,(H2,15,17,18,19)/t7-/m0/s1. The molecule has 1 rings (SSSR count). The fourth-order valence-electron chi connectivity index (χ4n) is 1.38. The van der Waals surface area contributed by atoms with E-state index in [1.165, 1.54) is 13.1 Å². The summed E-state index contributed by atoms with van der Waals surface area (Å²) in [6, 6.07) is 2.54. The quantitative estimate of drug-likeness (QED) is 0.767. The highest BCUT2D eigenvalue weighted by Gasteiger charge is 2.11. The molecule has 0 saturated heterocycles. The molecule has 0 bridgehead atoms. The average Bonchev–Trinajstić information content (AvgIpc) is 2.39. The second kappa shape index (κ2) is 6.79. The molecule has 0 heterocycles. The van der Waals surface area contributed by atoms with Gasteiger partial charge in [0.05, 0.1) is 6.54 Å². The van der Waals surface area contributed by atoms with Gasteiger partial charge in [0.1, 0.15) is 0 Å². The van der Waals surface area contributed by atoms with Crippen molar-refractivity contribution in [1.82, 2.24) is 16.0 Å². The lowest BCUT2D eigenvalue weighted by Crippen LogP contribution is -2.42. The van der Waals surface area contributed by atoms with Gasteiger partial charge in [0.2, 0.25) is 5.91 Å². The largest absolute Gasteiger partial charge is 0.341 e. The van der Waals surface area contributed by atoms with Gasteiger partial charge in [-0.3, -0.25) is 10.1 Å². The number of halogens is 2. The van der Waals surface area contributed by atoms with E-state index in [9.17, 15) is 18.4 Å². The Morgan fingerprint density at radius 3 is 2.53 bits per heavy atom. The van der Waals surface area contributed by atoms with Crippen LogP contribution < -0.4 is 16.0 Å². The van der Waals surface area contributed by atoms with Crippen LogP contribution in [0, 0.1) is 11.6 Å². The Morgan fingerprint density at radius 2 is 1.95 bits per heavy atom. The van der Waals surface area contributed by atoms with Crippen molar-refractivity contribution in [2.45, 2.75) is 13.0 Å². The molecule has 104 valence electrons. The monoisotopic (exact) mass is 271 g/mol. The summed E-state index contributed by atoms with van der Waals surface area (Å²) in [5, 5.41) is 7.10. The van der Waals surface area contributed by atoms with E-state index in [0.717, 1.165) is 12.1 Å². The number of nitrogens with one attached hydrogen (secondary N) is 3. The predicted molar refractivity (Wildman–Crippen MR) is 65.4 cm³/mol. The maximum atomic E-state index is 13.0. The second-order valence-corrected chi connectivity index (χ2v) is 3.90. The number of imide groups is 1. The smallest absolute Gasteiger partial charge is 0.321 e. The number of urea groups is 1. The summed E-state index contributed by atoms with van der Waals surface area (Å²) in [5.74, 6) is -2.39. The number of carbonyl (C=O) groups is 2. The van der Waals surface area contributed by atoms with E-state index in [2.05, 4.69) is 16.0 Å². The molecule has 0 aromatic heterocycles. The molecule has 0 spiro atoms. The molecule has 1 aromatic carbocycles. The molecule has 0 aliphatic carbocycles. The zero-order valence-corrected chi connectivity index (χ0v) is 10.6. The third kappa shape index (κ3) is 4.63. The van der Waals surface area contributed by atoms with Crippen molar-refractivity contribution in [2.75, 3.05) is 13.6 Å². The molecular weight excluding hydrogens is 256 g/mol. The summed E-state index contributed by atoms with van der Waals surface area (Å²) in [6.07, 6.45) is 0. The highest BCUT2D eigenvalue weighted by molar-refractivity contribution is 5.95. The number of carbonyl (C=O) groups excluding carboxylic acids is 2. The molecule has 1 aromatic rings. The van der Waals surface area contributed by atoms with Gasteiger partial charge in [-0.25, -0.2) is 13.6 Å². The molecule has 0 unspecified atom stereocenters. The minimum Gasteiger partial charge on any atom is -0.341 e. The van der Waals surface area contributed by atoms with Crippen molar-refractivity contribution in [2.24, 2.45) is 0 Å². The summed E-state index contributed by atoms with van der Waals surface area (Å²) in [5.41, 5.74) is 0.506. The van der Waals surface area contributed by atoms with Crippen molar-refractivity contribution >= 4 is 11.9 Å². The van der Waals surface area contributed by atoms with Gasteiger partial charge in [0, 0.05) is 13.1 Å². The molecular formula is C12H15F2N3O2. The van der Waals surface area contributed by atoms with E-state index in [1.807, 2.05) is 0 Å². The van der Waals surface area contributed by atoms with Crippen LogP contribution in [0.25, 0.3) is 0 Å². The van der Waals surface area contributed by atoms with E-state index in [-0.39, 0.29) is 12.6 Å². The number of rotatable bonds is 4. The number of amides is 3. The molecule has 19 heavy (non-hydrogen) atoms. The summed E-state index contributed by atoms with van der Waals surface area (Å²) in [7, 11) is 1.39. The van der Waals surface area contributed by atoms with Gasteiger partial charge in [0.25, 0.3) is 0 Å². The van der Waals surface area contributed by atoms with Gasteiger partial charge in [-0.05, 0) is 24.6 Å². The molecule has 3 amide bonds. The van der Waals surface area contributed by atoms with Crippen molar-refractivity contribution in [1.29, 1.82) is 0 Å². The molecule has 0 aliphatic rings. The molecule has 0 fully saturated rings. The SMILES string of the molecule is CNC(=O)NC(=O)CN[C@@H](C)c1ccc(F)c(F)c1. The zero-order chi connectivity index (χ0) is 14.4. The first-order valence-electron chi connectivity index (χ1n) is 5.64. The summed E-state index contributed by atoms with van der Waals surface area (Å²) >= 11 is 0. The fraction of sp³-hybridized carbons (Fsp3) is 0.333. The van der Waals surface area contributed by atoms with Crippen LogP contribution in [0.1, 0.15) is 18.5 Å². The van der Waals surface area contributed by atoms with Crippen LogP contribution in [-0.4, -0.2) is 25.5 Å². The number of hydrogen-bond acceptors (Lipinski definition) is 3. The zero-order valence-electron chi connectivity index (χ0n) is 10.6. The maximum Gasteiger partial charge on any atom is 0.321 e. The summed E-state index contributed by atoms with van der Waals surface area (Å²) in [6.45, 7) is 1.58. The third-order valence-corrected chi connectivity index (χ3v) is 2.49. The topological polar surface area (TPSA) is 70.2 Å². The Labute approximate surface area is 109 Å². The van der Waals surface area contributed by atoms with Gasteiger partial charge in [-0.15, -0.1) is 0 Å². The molecule has 5 nitrogen and oxygen atoms in total. The van der Waals surface area contributed by atoms with Gasteiger partial charge >= 0.3 is 6.03 Å². The van der Waals surface area contributed by atoms with Crippen molar-refractivity contribution in [3.05, 3.63) is 35.4 Å². The maximum absolute atomic E-state index is 13.0. The van der Waals surface area contributed by atoms with Crippen LogP contribution in [0.5, 0.6) is 0 Å². The van der Waals surface area contributed by atoms with Crippen molar-refractivity contribution in [3.63, 3.8) is 0 Å². The van der Waals surface area contributed by atoms with Crippen LogP contribution in [0.3, 0.4) is 0 Å². The Bertz CT molecular complexity index is 480. The van der Waals surface area contributed by atoms with Crippen LogP contribution >= 0.6 is 0 Å². The van der Waals surface area contributed by atoms with Crippen LogP contribution in [-0.2, 0) is 4.79 Å². The molecule has 1 atom stereocenters. The first kappa shape index (κ1) is 15.0. The van der Waals surface area contributed by atoms with Gasteiger partial charge in [-0.1, -0.05) is 6.07 Å². The summed E-state index contributed by atoms with van der Waals surface area (Å²) in [4.78, 5) is 22.2. The number of hydrogen-bond donors (Lipinski definition) is 3. The molecule has 3 N–H and O–H groups in total. The van der Waals surface area contributed by atoms with E-state index >= 15 is 0 Å². The highest BCUT2D eigenvalue weighted by Crippen LogP contribution is 2.15. The minimum absolute atomic E-state index is 0.117. The molecule has 0 saturated carbocycles. The third-order valence-electron chi connectivity index (χ3n) is 2.49. The lowest BCUT2D eigenvalue weighted by Gasteiger charge is -2.14. The predicted octanol–water partition coefficient (Wildman–Crippen LogP) is 1.07. The van der Waals surface area contributed by atoms with Gasteiger partial charge in [0.15, 0.2) is 11.6 Å². The van der Waals surface area contributed by atoms with Gasteiger partial charge in [-0.2, -0.15) is 0 Å². The first-order valence-corrected chi connectivity index (χ1v) is 5.64. The van der Waals surface area contributed by atoms with Crippen LogP contribution in [0.2, 0.25) is 0 Å². The Morgan fingerprint density at radius 1 is 1.26 bits per heavy atom. The van der Waals surface area contributed by atoms with Crippen LogP contribution in [0.15, 0.2) is 18.2 Å². The van der Waals surface area contributed by atoms with E-state index in [0.29, 0.717) is 5.56 Å². The minimum atomic E-state index is -0.944. The van der Waals surface area contributed by atoms with Crippen molar-refractivity contribution < 1.29 is 18.4 Å². The molecule has 7 heteroatoms. The van der Waals surface area contributed by atoms with Gasteiger partial charge < -0.3 is 10.6 Å². The van der Waals surface area contributed by atoms with Crippen LogP contribution in [0.4, 0.5) is 13.6 Å². The number of benzene rings is 1. The fourth-order valence-corrected chi connectivity index (χ4v) is 1.38. The second-order valence-electron chi connectivity index (χ2n) is 3.90. The van der Waals surface area contributed by atoms with E-state index < -0.39 is 23.6 Å². The molecule has 0 aliphatic heterocycles. The molecule has 0 radical (unpaired) electrons. The van der Waals surface area contributed by atoms with E-state index in [4.69, 9.17) is 0 Å². The van der Waals surface area contributed by atoms with E-state index in [1.54, 1.807) is 6.92 Å². The average molecular weight is 271 g/mol. The Hall–Kier alpha value is -2.02. The highest BCUT2D eigenvalue weighted by atomic mass is 19.2. The Kier molecular flexibility index (Phi) is 5.37. The lowest BCUT2D eigenvalue weighted by atomic mass is 10.1. The summed E-state index contributed by atoms with van der Waals surface area (Å²) < 4.78 is 25.8. The lowest BCUT2D eigenvalue weighted by molar-refractivity contribution is -0.119. The van der Waals surface area contributed by atoms with Crippen molar-refractivity contribution in [3.8, 4) is 0 Å². The Balaban J connectivity index is 2.51. The normalized spacial score (nSPS) is 11.8.